The van der Waals surface area contributed by atoms with E-state index in [0.717, 1.165) is 35.3 Å². The molecule has 140 valence electrons. The molecule has 0 bridgehead atoms. The van der Waals surface area contributed by atoms with Gasteiger partial charge in [-0.2, -0.15) is 0 Å². The summed E-state index contributed by atoms with van der Waals surface area (Å²) in [5.74, 6) is 0.00362. The molecule has 3 heterocycles. The Bertz CT molecular complexity index is 861. The van der Waals surface area contributed by atoms with Crippen LogP contribution in [0.3, 0.4) is 0 Å². The summed E-state index contributed by atoms with van der Waals surface area (Å²) in [6, 6.07) is 3.94. The fourth-order valence-electron chi connectivity index (χ4n) is 3.62. The molecule has 3 rings (SSSR count). The van der Waals surface area contributed by atoms with Crippen molar-refractivity contribution in [1.82, 2.24) is 15.2 Å². The Hall–Kier alpha value is -2.15. The molecular formula is C19H26N4O2S. The molecule has 1 saturated heterocycles. The number of carbonyl (C=O) groups excluding carboxylic acids is 2. The maximum Gasteiger partial charge on any atom is 0.263 e. The van der Waals surface area contributed by atoms with Crippen molar-refractivity contribution in [2.24, 2.45) is 5.92 Å². The Kier molecular flexibility index (Phi) is 4.92. The predicted octanol–water partition coefficient (Wildman–Crippen LogP) is 2.77. The number of anilines is 1. The molecule has 2 amide bonds. The second-order valence-corrected chi connectivity index (χ2v) is 8.55. The van der Waals surface area contributed by atoms with Crippen molar-refractivity contribution < 1.29 is 9.59 Å². The van der Waals surface area contributed by atoms with Gasteiger partial charge in [-0.05, 0) is 25.0 Å². The summed E-state index contributed by atoms with van der Waals surface area (Å²) in [6.07, 6.45) is 1.95. The Morgan fingerprint density at radius 3 is 2.77 bits per heavy atom. The van der Waals surface area contributed by atoms with E-state index < -0.39 is 0 Å². The topological polar surface area (TPSA) is 88.3 Å². The van der Waals surface area contributed by atoms with E-state index >= 15 is 0 Å². The SMILES string of the molecule is CNC(=O)c1sc2nc([C@]3(C)CCCN(C(=O)C(C)C)C3)ccc2c1N. The van der Waals surface area contributed by atoms with Gasteiger partial charge in [-0.25, -0.2) is 4.98 Å². The van der Waals surface area contributed by atoms with Crippen molar-refractivity contribution in [2.75, 3.05) is 25.9 Å². The largest absolute Gasteiger partial charge is 0.397 e. The van der Waals surface area contributed by atoms with Crippen LogP contribution in [-0.4, -0.2) is 41.8 Å². The number of nitrogen functional groups attached to an aromatic ring is 1. The number of piperidine rings is 1. The summed E-state index contributed by atoms with van der Waals surface area (Å²) in [7, 11) is 1.59. The summed E-state index contributed by atoms with van der Waals surface area (Å²) in [6.45, 7) is 7.52. The molecule has 6 nitrogen and oxygen atoms in total. The van der Waals surface area contributed by atoms with Crippen LogP contribution in [0.1, 0.15) is 49.0 Å². The quantitative estimate of drug-likeness (QED) is 0.865. The maximum absolute atomic E-state index is 12.4. The predicted molar refractivity (Wildman–Crippen MR) is 105 cm³/mol. The number of carbonyl (C=O) groups is 2. The fraction of sp³-hybridized carbons (Fsp3) is 0.526. The summed E-state index contributed by atoms with van der Waals surface area (Å²) in [4.78, 5) is 32.5. The lowest BCUT2D eigenvalue weighted by molar-refractivity contribution is -0.136. The number of rotatable bonds is 3. The highest BCUT2D eigenvalue weighted by atomic mass is 32.1. The number of amides is 2. The zero-order valence-corrected chi connectivity index (χ0v) is 16.6. The van der Waals surface area contributed by atoms with Crippen molar-refractivity contribution >= 4 is 39.1 Å². The zero-order valence-electron chi connectivity index (χ0n) is 15.8. The van der Waals surface area contributed by atoms with Crippen molar-refractivity contribution in [2.45, 2.75) is 39.0 Å². The van der Waals surface area contributed by atoms with Gasteiger partial charge in [0.25, 0.3) is 5.91 Å². The molecule has 7 heteroatoms. The molecule has 0 aliphatic carbocycles. The van der Waals surface area contributed by atoms with Crippen LogP contribution >= 0.6 is 11.3 Å². The molecule has 1 aliphatic rings. The number of nitrogens with one attached hydrogen (secondary N) is 1. The van der Waals surface area contributed by atoms with Crippen molar-refractivity contribution in [1.29, 1.82) is 0 Å². The highest BCUT2D eigenvalue weighted by molar-refractivity contribution is 7.21. The molecule has 1 aliphatic heterocycles. The Morgan fingerprint density at radius 1 is 1.38 bits per heavy atom. The molecule has 2 aromatic rings. The average molecular weight is 375 g/mol. The molecule has 0 aromatic carbocycles. The third kappa shape index (κ3) is 3.16. The molecule has 26 heavy (non-hydrogen) atoms. The Morgan fingerprint density at radius 2 is 2.12 bits per heavy atom. The van der Waals surface area contributed by atoms with E-state index in [0.29, 0.717) is 17.1 Å². The Labute approximate surface area is 157 Å². The van der Waals surface area contributed by atoms with E-state index in [1.807, 2.05) is 30.9 Å². The lowest BCUT2D eigenvalue weighted by atomic mass is 9.78. The lowest BCUT2D eigenvalue weighted by Crippen LogP contribution is -2.48. The fourth-order valence-corrected chi connectivity index (χ4v) is 4.66. The molecular weight excluding hydrogens is 348 g/mol. The summed E-state index contributed by atoms with van der Waals surface area (Å²) >= 11 is 1.32. The van der Waals surface area contributed by atoms with Gasteiger partial charge in [0.05, 0.1) is 5.69 Å². The second-order valence-electron chi connectivity index (χ2n) is 7.55. The minimum Gasteiger partial charge on any atom is -0.397 e. The smallest absolute Gasteiger partial charge is 0.263 e. The highest BCUT2D eigenvalue weighted by Gasteiger charge is 2.36. The van der Waals surface area contributed by atoms with E-state index in [1.165, 1.54) is 11.3 Å². The third-order valence-electron chi connectivity index (χ3n) is 5.15. The van der Waals surface area contributed by atoms with Crippen LogP contribution < -0.4 is 11.1 Å². The van der Waals surface area contributed by atoms with Gasteiger partial charge < -0.3 is 16.0 Å². The van der Waals surface area contributed by atoms with Gasteiger partial charge in [0.2, 0.25) is 5.91 Å². The maximum atomic E-state index is 12.4. The summed E-state index contributed by atoms with van der Waals surface area (Å²) < 4.78 is 0. The van der Waals surface area contributed by atoms with E-state index in [1.54, 1.807) is 7.05 Å². The number of pyridine rings is 1. The monoisotopic (exact) mass is 374 g/mol. The summed E-state index contributed by atoms with van der Waals surface area (Å²) in [5.41, 5.74) is 7.37. The van der Waals surface area contributed by atoms with Crippen LogP contribution in [0.2, 0.25) is 0 Å². The van der Waals surface area contributed by atoms with Gasteiger partial charge in [0.15, 0.2) is 0 Å². The van der Waals surface area contributed by atoms with Gasteiger partial charge in [0, 0.05) is 42.6 Å². The number of hydrogen-bond acceptors (Lipinski definition) is 5. The normalized spacial score (nSPS) is 20.6. The van der Waals surface area contributed by atoms with E-state index in [4.69, 9.17) is 10.7 Å². The molecule has 2 aromatic heterocycles. The summed E-state index contributed by atoms with van der Waals surface area (Å²) in [5, 5.41) is 3.43. The van der Waals surface area contributed by atoms with Crippen LogP contribution in [-0.2, 0) is 10.2 Å². The first-order chi connectivity index (χ1) is 12.3. The van der Waals surface area contributed by atoms with Gasteiger partial charge in [0.1, 0.15) is 9.71 Å². The average Bonchev–Trinajstić information content (AvgIpc) is 2.96. The van der Waals surface area contributed by atoms with Gasteiger partial charge in [-0.3, -0.25) is 9.59 Å². The van der Waals surface area contributed by atoms with E-state index in [2.05, 4.69) is 12.2 Å². The van der Waals surface area contributed by atoms with Crippen LogP contribution in [0, 0.1) is 5.92 Å². The molecule has 0 radical (unpaired) electrons. The molecule has 0 spiro atoms. The first-order valence-corrected chi connectivity index (χ1v) is 9.79. The van der Waals surface area contributed by atoms with Gasteiger partial charge >= 0.3 is 0 Å². The first kappa shape index (κ1) is 18.6. The van der Waals surface area contributed by atoms with Crippen LogP contribution in [0.5, 0.6) is 0 Å². The van der Waals surface area contributed by atoms with E-state index in [9.17, 15) is 9.59 Å². The molecule has 0 saturated carbocycles. The third-order valence-corrected chi connectivity index (χ3v) is 6.26. The molecule has 1 fully saturated rings. The minimum atomic E-state index is -0.192. The number of hydrogen-bond donors (Lipinski definition) is 2. The van der Waals surface area contributed by atoms with E-state index in [-0.39, 0.29) is 23.1 Å². The van der Waals surface area contributed by atoms with Gasteiger partial charge in [-0.1, -0.05) is 20.8 Å². The number of fused-ring (bicyclic) bond motifs is 1. The minimum absolute atomic E-state index is 0.00000176. The van der Waals surface area contributed by atoms with Crippen LogP contribution in [0.4, 0.5) is 5.69 Å². The number of nitrogens with two attached hydrogens (primary N) is 1. The Balaban J connectivity index is 1.96. The molecule has 0 unspecified atom stereocenters. The van der Waals surface area contributed by atoms with Gasteiger partial charge in [-0.15, -0.1) is 11.3 Å². The number of aromatic nitrogens is 1. The first-order valence-electron chi connectivity index (χ1n) is 8.97. The molecule has 3 N–H and O–H groups in total. The standard InChI is InChI=1S/C19H26N4O2S/c1-11(2)18(25)23-9-5-8-19(3,10-23)13-7-6-12-14(20)15(16(24)21-4)26-17(12)22-13/h6-7,11H,5,8-10,20H2,1-4H3,(H,21,24)/t19-/m1/s1. The number of nitrogens with zero attached hydrogens (tertiary/aromatic N) is 2. The number of thiophene rings is 1. The van der Waals surface area contributed by atoms with Crippen molar-refractivity contribution in [3.63, 3.8) is 0 Å². The van der Waals surface area contributed by atoms with Crippen LogP contribution in [0.25, 0.3) is 10.2 Å². The van der Waals surface area contributed by atoms with Crippen LogP contribution in [0.15, 0.2) is 12.1 Å². The van der Waals surface area contributed by atoms with Crippen molar-refractivity contribution in [3.8, 4) is 0 Å². The number of likely N-dealkylation sites (tertiary alicyclic amines) is 1. The highest BCUT2D eigenvalue weighted by Crippen LogP contribution is 2.37. The second kappa shape index (κ2) is 6.87. The van der Waals surface area contributed by atoms with Crippen molar-refractivity contribution in [3.05, 3.63) is 22.7 Å². The zero-order chi connectivity index (χ0) is 19.1. The molecule has 1 atom stereocenters. The lowest BCUT2D eigenvalue weighted by Gasteiger charge is -2.40.